The summed E-state index contributed by atoms with van der Waals surface area (Å²) in [5.74, 6) is 0.822. The van der Waals surface area contributed by atoms with Gasteiger partial charge >= 0.3 is 0 Å². The van der Waals surface area contributed by atoms with Crippen molar-refractivity contribution in [3.8, 4) is 11.5 Å². The smallest absolute Gasteiger partial charge is 0.255 e. The summed E-state index contributed by atoms with van der Waals surface area (Å²) in [7, 11) is 1.56. The summed E-state index contributed by atoms with van der Waals surface area (Å²) in [4.78, 5) is 15.3. The largest absolute Gasteiger partial charge is 0.493 e. The quantitative estimate of drug-likeness (QED) is 0.491. The fourth-order valence-corrected chi connectivity index (χ4v) is 4.13. The molecule has 3 aromatic rings. The maximum absolute atomic E-state index is 13.1. The van der Waals surface area contributed by atoms with Crippen LogP contribution in [-0.4, -0.2) is 39.3 Å². The number of nitrogens with zero attached hydrogens (tertiary/aromatic N) is 1. The lowest BCUT2D eigenvalue weighted by Gasteiger charge is -2.30. The molecule has 0 atom stereocenters. The van der Waals surface area contributed by atoms with Gasteiger partial charge in [-0.3, -0.25) is 4.79 Å². The molecule has 0 aromatic heterocycles. The number of anilines is 2. The van der Waals surface area contributed by atoms with E-state index in [1.807, 2.05) is 54.6 Å². The lowest BCUT2D eigenvalue weighted by Crippen LogP contribution is -2.36. The standard InChI is InChI=1S/C25H25BrN2O4/c1-30-23-16-19(15-20(26)24(23)32-17-18-7-3-2-4-8-18)25(29)27-21-9-5-6-10-22(21)28-11-13-31-14-12-28/h2-10,15-16H,11-14,17H2,1H3,(H,27,29). The molecule has 1 N–H and O–H groups in total. The molecule has 4 rings (SSSR count). The summed E-state index contributed by atoms with van der Waals surface area (Å²) in [6, 6.07) is 21.1. The first-order chi connectivity index (χ1) is 15.7. The van der Waals surface area contributed by atoms with E-state index in [1.165, 1.54) is 0 Å². The van der Waals surface area contributed by atoms with Crippen molar-refractivity contribution in [2.45, 2.75) is 6.61 Å². The van der Waals surface area contributed by atoms with Crippen LogP contribution in [0.3, 0.4) is 0 Å². The highest BCUT2D eigenvalue weighted by Crippen LogP contribution is 2.37. The van der Waals surface area contributed by atoms with Crippen LogP contribution in [0.15, 0.2) is 71.2 Å². The highest BCUT2D eigenvalue weighted by Gasteiger charge is 2.19. The van der Waals surface area contributed by atoms with Gasteiger partial charge in [-0.1, -0.05) is 42.5 Å². The highest BCUT2D eigenvalue weighted by molar-refractivity contribution is 9.10. The second-order valence-corrected chi connectivity index (χ2v) is 8.19. The average Bonchev–Trinajstić information content (AvgIpc) is 2.84. The number of amides is 1. The van der Waals surface area contributed by atoms with Crippen LogP contribution >= 0.6 is 15.9 Å². The monoisotopic (exact) mass is 496 g/mol. The van der Waals surface area contributed by atoms with Gasteiger partial charge in [-0.25, -0.2) is 0 Å². The minimum atomic E-state index is -0.223. The second kappa shape index (κ2) is 10.5. The van der Waals surface area contributed by atoms with Crippen LogP contribution in [0.25, 0.3) is 0 Å². The molecule has 1 amide bonds. The van der Waals surface area contributed by atoms with Crippen molar-refractivity contribution in [2.75, 3.05) is 43.6 Å². The van der Waals surface area contributed by atoms with Crippen molar-refractivity contribution in [3.63, 3.8) is 0 Å². The number of benzene rings is 3. The minimum Gasteiger partial charge on any atom is -0.493 e. The second-order valence-electron chi connectivity index (χ2n) is 7.33. The first-order valence-electron chi connectivity index (χ1n) is 10.4. The van der Waals surface area contributed by atoms with Gasteiger partial charge in [0.25, 0.3) is 5.91 Å². The number of ether oxygens (including phenoxy) is 3. The highest BCUT2D eigenvalue weighted by atomic mass is 79.9. The molecule has 32 heavy (non-hydrogen) atoms. The van der Waals surface area contributed by atoms with Gasteiger partial charge < -0.3 is 24.4 Å². The molecule has 7 heteroatoms. The maximum atomic E-state index is 13.1. The first-order valence-corrected chi connectivity index (χ1v) is 11.2. The van der Waals surface area contributed by atoms with Gasteiger partial charge in [0.2, 0.25) is 0 Å². The zero-order chi connectivity index (χ0) is 22.3. The summed E-state index contributed by atoms with van der Waals surface area (Å²) in [6.45, 7) is 3.33. The van der Waals surface area contributed by atoms with Crippen molar-refractivity contribution < 1.29 is 19.0 Å². The van der Waals surface area contributed by atoms with E-state index in [0.29, 0.717) is 41.4 Å². The number of hydrogen-bond donors (Lipinski definition) is 1. The Morgan fingerprint density at radius 3 is 2.53 bits per heavy atom. The number of carbonyl (C=O) groups excluding carboxylic acids is 1. The molecule has 0 aliphatic carbocycles. The van der Waals surface area contributed by atoms with Crippen molar-refractivity contribution >= 4 is 33.2 Å². The Hall–Kier alpha value is -3.03. The summed E-state index contributed by atoms with van der Waals surface area (Å²) >= 11 is 3.54. The van der Waals surface area contributed by atoms with Gasteiger partial charge in [-0.05, 0) is 45.8 Å². The van der Waals surface area contributed by atoms with E-state index in [2.05, 4.69) is 26.1 Å². The van der Waals surface area contributed by atoms with Gasteiger partial charge in [0, 0.05) is 18.7 Å². The molecule has 1 saturated heterocycles. The Labute approximate surface area is 196 Å². The summed E-state index contributed by atoms with van der Waals surface area (Å²) in [5.41, 5.74) is 3.26. The van der Waals surface area contributed by atoms with Crippen molar-refractivity contribution in [2.24, 2.45) is 0 Å². The number of para-hydroxylation sites is 2. The van der Waals surface area contributed by atoms with E-state index >= 15 is 0 Å². The third-order valence-electron chi connectivity index (χ3n) is 5.22. The predicted molar refractivity (Wildman–Crippen MR) is 129 cm³/mol. The van der Waals surface area contributed by atoms with E-state index < -0.39 is 0 Å². The normalized spacial score (nSPS) is 13.5. The maximum Gasteiger partial charge on any atom is 0.255 e. The minimum absolute atomic E-state index is 0.223. The SMILES string of the molecule is COc1cc(C(=O)Nc2ccccc2N2CCOCC2)cc(Br)c1OCc1ccccc1. The number of morpholine rings is 1. The molecule has 0 saturated carbocycles. The molecule has 0 radical (unpaired) electrons. The van der Waals surface area contributed by atoms with Crippen molar-refractivity contribution in [3.05, 3.63) is 82.3 Å². The Morgan fingerprint density at radius 2 is 1.78 bits per heavy atom. The van der Waals surface area contributed by atoms with E-state index in [0.717, 1.165) is 30.0 Å². The number of halogens is 1. The van der Waals surface area contributed by atoms with Gasteiger partial charge in [0.1, 0.15) is 6.61 Å². The Kier molecular flexibility index (Phi) is 7.29. The number of carbonyl (C=O) groups is 1. The number of hydrogen-bond acceptors (Lipinski definition) is 5. The number of nitrogens with one attached hydrogen (secondary N) is 1. The third kappa shape index (κ3) is 5.23. The van der Waals surface area contributed by atoms with Gasteiger partial charge in [0.05, 0.1) is 36.2 Å². The lowest BCUT2D eigenvalue weighted by atomic mass is 10.1. The van der Waals surface area contributed by atoms with Crippen LogP contribution in [-0.2, 0) is 11.3 Å². The molecule has 0 bridgehead atoms. The van der Waals surface area contributed by atoms with Gasteiger partial charge in [0.15, 0.2) is 11.5 Å². The fourth-order valence-electron chi connectivity index (χ4n) is 3.57. The topological polar surface area (TPSA) is 60.0 Å². The Bertz CT molecular complexity index is 1070. The van der Waals surface area contributed by atoms with E-state index in [1.54, 1.807) is 19.2 Å². The molecule has 0 spiro atoms. The van der Waals surface area contributed by atoms with Crippen LogP contribution in [0.2, 0.25) is 0 Å². The molecule has 0 unspecified atom stereocenters. The number of rotatable bonds is 7. The number of methoxy groups -OCH3 is 1. The Morgan fingerprint density at radius 1 is 1.06 bits per heavy atom. The molecular weight excluding hydrogens is 472 g/mol. The lowest BCUT2D eigenvalue weighted by molar-refractivity contribution is 0.102. The molecule has 1 fully saturated rings. The van der Waals surface area contributed by atoms with Crippen molar-refractivity contribution in [1.29, 1.82) is 0 Å². The first kappa shape index (κ1) is 22.2. The molecule has 166 valence electrons. The van der Waals surface area contributed by atoms with Gasteiger partial charge in [-0.2, -0.15) is 0 Å². The van der Waals surface area contributed by atoms with E-state index in [4.69, 9.17) is 14.2 Å². The summed E-state index contributed by atoms with van der Waals surface area (Å²) < 4.78 is 17.6. The van der Waals surface area contributed by atoms with Gasteiger partial charge in [-0.15, -0.1) is 0 Å². The summed E-state index contributed by atoms with van der Waals surface area (Å²) in [5, 5.41) is 3.04. The van der Waals surface area contributed by atoms with Crippen LogP contribution in [0, 0.1) is 0 Å². The average molecular weight is 497 g/mol. The zero-order valence-corrected chi connectivity index (χ0v) is 19.4. The van der Waals surface area contributed by atoms with Crippen LogP contribution in [0.4, 0.5) is 11.4 Å². The summed E-state index contributed by atoms with van der Waals surface area (Å²) in [6.07, 6.45) is 0. The molecular formula is C25H25BrN2O4. The molecule has 1 aliphatic rings. The Balaban J connectivity index is 1.53. The van der Waals surface area contributed by atoms with E-state index in [9.17, 15) is 4.79 Å². The molecule has 1 aliphatic heterocycles. The van der Waals surface area contributed by atoms with E-state index in [-0.39, 0.29) is 5.91 Å². The predicted octanol–water partition coefficient (Wildman–Crippen LogP) is 5.13. The molecule has 1 heterocycles. The van der Waals surface area contributed by atoms with Crippen molar-refractivity contribution in [1.82, 2.24) is 0 Å². The molecule has 6 nitrogen and oxygen atoms in total. The van der Waals surface area contributed by atoms with Crippen LogP contribution in [0.1, 0.15) is 15.9 Å². The third-order valence-corrected chi connectivity index (χ3v) is 5.81. The molecule has 3 aromatic carbocycles. The zero-order valence-electron chi connectivity index (χ0n) is 17.8. The van der Waals surface area contributed by atoms with Crippen LogP contribution in [0.5, 0.6) is 11.5 Å². The fraction of sp³-hybridized carbons (Fsp3) is 0.240. The van der Waals surface area contributed by atoms with Crippen LogP contribution < -0.4 is 19.7 Å².